The van der Waals surface area contributed by atoms with Crippen LogP contribution in [0.2, 0.25) is 0 Å². The molecule has 9 heteroatoms. The number of carbonyl (C=O) groups excluding carboxylic acids is 2. The Morgan fingerprint density at radius 3 is 2.23 bits per heavy atom. The number of hydrogen-bond donors (Lipinski definition) is 4. The summed E-state index contributed by atoms with van der Waals surface area (Å²) in [6.45, 7) is 0. The number of pyridine rings is 2. The molecule has 0 unspecified atom stereocenters. The van der Waals surface area contributed by atoms with Gasteiger partial charge in [0.05, 0.1) is 11.7 Å². The van der Waals surface area contributed by atoms with Gasteiger partial charge in [-0.25, -0.2) is 4.98 Å². The van der Waals surface area contributed by atoms with Crippen molar-refractivity contribution in [1.29, 1.82) is 0 Å². The molecule has 0 aliphatic carbocycles. The summed E-state index contributed by atoms with van der Waals surface area (Å²) in [6, 6.07) is 21.7. The van der Waals surface area contributed by atoms with Crippen molar-refractivity contribution in [2.75, 3.05) is 19.4 Å². The SMILES string of the molecule is CN/C=C(\C(=O)NC)C(=O)Nc1ccc(Oc2ccnc3cc(O)ccc23)cn1.c1ccccc1. The number of rotatable bonds is 6. The fraction of sp³-hybridized carbons (Fsp3) is 0.0769. The van der Waals surface area contributed by atoms with Crippen LogP contribution in [-0.2, 0) is 9.59 Å². The van der Waals surface area contributed by atoms with Gasteiger partial charge in [0.1, 0.15) is 28.6 Å². The summed E-state index contributed by atoms with van der Waals surface area (Å²) in [5, 5.41) is 17.9. The van der Waals surface area contributed by atoms with E-state index in [-0.39, 0.29) is 17.1 Å². The number of likely N-dealkylation sites (N-methyl/N-ethyl adjacent to an activating group) is 1. The number of carbonyl (C=O) groups is 2. The molecule has 0 saturated heterocycles. The Morgan fingerprint density at radius 1 is 0.914 bits per heavy atom. The molecule has 4 N–H and O–H groups in total. The quantitative estimate of drug-likeness (QED) is 0.192. The van der Waals surface area contributed by atoms with Gasteiger partial charge in [-0.15, -0.1) is 0 Å². The minimum atomic E-state index is -0.597. The highest BCUT2D eigenvalue weighted by Crippen LogP contribution is 2.30. The van der Waals surface area contributed by atoms with Crippen LogP contribution in [0.25, 0.3) is 10.9 Å². The van der Waals surface area contributed by atoms with E-state index in [4.69, 9.17) is 4.74 Å². The summed E-state index contributed by atoms with van der Waals surface area (Å²) in [5.74, 6) is 0.255. The number of aromatic nitrogens is 2. The first kappa shape index (κ1) is 24.7. The van der Waals surface area contributed by atoms with Gasteiger partial charge in [-0.05, 0) is 30.3 Å². The van der Waals surface area contributed by atoms with Crippen molar-refractivity contribution in [2.24, 2.45) is 0 Å². The van der Waals surface area contributed by atoms with Crippen LogP contribution >= 0.6 is 0 Å². The normalized spacial score (nSPS) is 10.5. The van der Waals surface area contributed by atoms with E-state index in [2.05, 4.69) is 25.9 Å². The molecule has 0 spiro atoms. The molecule has 178 valence electrons. The molecular weight excluding hydrogens is 446 g/mol. The monoisotopic (exact) mass is 471 g/mol. The molecule has 0 fully saturated rings. The van der Waals surface area contributed by atoms with E-state index in [1.807, 2.05) is 36.4 Å². The molecule has 0 radical (unpaired) electrons. The predicted octanol–water partition coefficient (Wildman–Crippen LogP) is 3.60. The summed E-state index contributed by atoms with van der Waals surface area (Å²) in [5.41, 5.74) is 0.515. The number of benzene rings is 2. The smallest absolute Gasteiger partial charge is 0.263 e. The molecule has 2 amide bonds. The Balaban J connectivity index is 0.000000497. The molecule has 0 atom stereocenters. The standard InChI is InChI=1S/C20H19N5O4.C6H6/c1-21-11-15(19(27)22-2)20(28)25-18-6-4-13(10-24-18)29-17-7-8-23-16-9-12(26)3-5-14(16)17;1-2-4-6-5-3-1/h3-11,21,26H,1-2H3,(H,22,27)(H,24,25,28);1-6H/b15-11+;. The fourth-order valence-corrected chi connectivity index (χ4v) is 2.92. The van der Waals surface area contributed by atoms with Gasteiger partial charge in [-0.2, -0.15) is 0 Å². The second kappa shape index (κ2) is 12.4. The van der Waals surface area contributed by atoms with Crippen LogP contribution in [0.4, 0.5) is 5.82 Å². The van der Waals surface area contributed by atoms with Crippen molar-refractivity contribution in [3.63, 3.8) is 0 Å². The van der Waals surface area contributed by atoms with Crippen molar-refractivity contribution in [1.82, 2.24) is 20.6 Å². The maximum Gasteiger partial charge on any atom is 0.263 e. The van der Waals surface area contributed by atoms with Crippen molar-refractivity contribution in [2.45, 2.75) is 0 Å². The molecule has 4 rings (SSSR count). The molecule has 0 bridgehead atoms. The largest absolute Gasteiger partial charge is 0.508 e. The number of hydrogen-bond acceptors (Lipinski definition) is 7. The van der Waals surface area contributed by atoms with Gasteiger partial charge in [-0.1, -0.05) is 36.4 Å². The summed E-state index contributed by atoms with van der Waals surface area (Å²) < 4.78 is 5.85. The summed E-state index contributed by atoms with van der Waals surface area (Å²) >= 11 is 0. The molecule has 2 aromatic carbocycles. The third-order valence-electron chi connectivity index (χ3n) is 4.56. The molecule has 0 aliphatic rings. The minimum absolute atomic E-state index is 0.0800. The lowest BCUT2D eigenvalue weighted by atomic mass is 10.2. The highest BCUT2D eigenvalue weighted by molar-refractivity contribution is 6.22. The highest BCUT2D eigenvalue weighted by atomic mass is 16.5. The summed E-state index contributed by atoms with van der Waals surface area (Å²) in [6.07, 6.45) is 4.33. The zero-order valence-corrected chi connectivity index (χ0v) is 19.2. The van der Waals surface area contributed by atoms with Gasteiger partial charge >= 0.3 is 0 Å². The van der Waals surface area contributed by atoms with Crippen LogP contribution in [0.1, 0.15) is 0 Å². The Morgan fingerprint density at radius 2 is 1.63 bits per heavy atom. The topological polar surface area (TPSA) is 125 Å². The van der Waals surface area contributed by atoms with Crippen molar-refractivity contribution >= 4 is 28.5 Å². The number of fused-ring (bicyclic) bond motifs is 1. The Kier molecular flexibility index (Phi) is 8.73. The van der Waals surface area contributed by atoms with E-state index >= 15 is 0 Å². The second-order valence-corrected chi connectivity index (χ2v) is 7.03. The van der Waals surface area contributed by atoms with Crippen LogP contribution < -0.4 is 20.7 Å². The molecule has 2 aromatic heterocycles. The number of nitrogens with one attached hydrogen (secondary N) is 3. The third kappa shape index (κ3) is 7.03. The average Bonchev–Trinajstić information content (AvgIpc) is 2.89. The van der Waals surface area contributed by atoms with E-state index in [0.29, 0.717) is 17.0 Å². The number of phenolic OH excluding ortho intramolecular Hbond substituents is 1. The maximum atomic E-state index is 12.3. The Labute approximate surface area is 202 Å². The zero-order chi connectivity index (χ0) is 25.0. The van der Waals surface area contributed by atoms with Crippen LogP contribution in [0.5, 0.6) is 17.2 Å². The van der Waals surface area contributed by atoms with E-state index in [1.165, 1.54) is 19.4 Å². The molecular formula is C26H25N5O4. The summed E-state index contributed by atoms with van der Waals surface area (Å²) in [7, 11) is 3.03. The number of phenols is 1. The lowest BCUT2D eigenvalue weighted by Crippen LogP contribution is -2.29. The van der Waals surface area contributed by atoms with Gasteiger partial charge in [-0.3, -0.25) is 14.6 Å². The second-order valence-electron chi connectivity index (χ2n) is 7.03. The van der Waals surface area contributed by atoms with Gasteiger partial charge < -0.3 is 25.8 Å². The highest BCUT2D eigenvalue weighted by Gasteiger charge is 2.17. The number of anilines is 1. The molecule has 4 aromatic rings. The van der Waals surface area contributed by atoms with Crippen molar-refractivity contribution < 1.29 is 19.4 Å². The van der Waals surface area contributed by atoms with Crippen molar-refractivity contribution in [3.8, 4) is 17.2 Å². The number of ether oxygens (including phenoxy) is 1. The number of nitrogens with zero attached hydrogens (tertiary/aromatic N) is 2. The van der Waals surface area contributed by atoms with E-state index < -0.39 is 11.8 Å². The van der Waals surface area contributed by atoms with E-state index in [0.717, 1.165) is 5.39 Å². The van der Waals surface area contributed by atoms with Gasteiger partial charge in [0.15, 0.2) is 0 Å². The number of aromatic hydroxyl groups is 1. The molecule has 9 nitrogen and oxygen atoms in total. The summed E-state index contributed by atoms with van der Waals surface area (Å²) in [4.78, 5) is 32.4. The van der Waals surface area contributed by atoms with Crippen LogP contribution in [0.3, 0.4) is 0 Å². The maximum absolute atomic E-state index is 12.3. The van der Waals surface area contributed by atoms with Crippen LogP contribution in [0, 0.1) is 0 Å². The molecule has 0 saturated carbocycles. The minimum Gasteiger partial charge on any atom is -0.508 e. The lowest BCUT2D eigenvalue weighted by Gasteiger charge is -2.10. The van der Waals surface area contributed by atoms with Gasteiger partial charge in [0.2, 0.25) is 0 Å². The first-order chi connectivity index (χ1) is 17.0. The third-order valence-corrected chi connectivity index (χ3v) is 4.56. The van der Waals surface area contributed by atoms with E-state index in [9.17, 15) is 14.7 Å². The zero-order valence-electron chi connectivity index (χ0n) is 19.2. The lowest BCUT2D eigenvalue weighted by molar-refractivity contribution is -0.121. The molecule has 35 heavy (non-hydrogen) atoms. The Bertz CT molecular complexity index is 1280. The van der Waals surface area contributed by atoms with Crippen LogP contribution in [0.15, 0.2) is 97.0 Å². The molecule has 0 aliphatic heterocycles. The Hall–Kier alpha value is -4.92. The van der Waals surface area contributed by atoms with E-state index in [1.54, 1.807) is 49.6 Å². The fourth-order valence-electron chi connectivity index (χ4n) is 2.92. The van der Waals surface area contributed by atoms with Gasteiger partial charge in [0, 0.05) is 37.9 Å². The first-order valence-electron chi connectivity index (χ1n) is 10.6. The number of amides is 2. The first-order valence-corrected chi connectivity index (χ1v) is 10.6. The average molecular weight is 472 g/mol. The van der Waals surface area contributed by atoms with Gasteiger partial charge in [0.25, 0.3) is 11.8 Å². The predicted molar refractivity (Wildman–Crippen MR) is 134 cm³/mol. The molecule has 2 heterocycles. The van der Waals surface area contributed by atoms with Crippen LogP contribution in [-0.4, -0.2) is 41.0 Å². The van der Waals surface area contributed by atoms with Crippen molar-refractivity contribution in [3.05, 3.63) is 97.0 Å².